The SMILES string of the molecule is COc1ccc2cc1OCCn1nc(C)nc1[C@H](C(C)C)NC(=O)CN(C(=O)c1ccc(C(F)(F)F)nc1)CCCNC2=O. The fourth-order valence-electron chi connectivity index (χ4n) is 4.66. The average Bonchev–Trinajstić information content (AvgIpc) is 3.35. The number of alkyl halides is 3. The summed E-state index contributed by atoms with van der Waals surface area (Å²) in [5.41, 5.74) is -0.929. The first-order valence-electron chi connectivity index (χ1n) is 14.0. The van der Waals surface area contributed by atoms with Crippen LogP contribution in [0.25, 0.3) is 0 Å². The first kappa shape index (κ1) is 32.2. The molecule has 0 aliphatic carbocycles. The predicted octanol–water partition coefficient (Wildman–Crippen LogP) is 3.18. The molecular formula is C29H34F3N7O5. The standard InChI is InChI=1S/C29H34F3N7O5/c1-17(2)25-26-35-18(3)37-39(26)12-13-44-22-14-19(6-8-21(22)43-4)27(41)33-10-5-11-38(16-24(40)36-25)28(42)20-7-9-23(34-15-20)29(30,31)32/h6-9,14-15,17,25H,5,10-13,16H2,1-4H3,(H,33,41)(H,36,40)/t25-/m0/s1. The zero-order valence-corrected chi connectivity index (χ0v) is 24.8. The van der Waals surface area contributed by atoms with Gasteiger partial charge in [0, 0.05) is 24.8 Å². The van der Waals surface area contributed by atoms with Gasteiger partial charge in [0.25, 0.3) is 11.8 Å². The molecule has 0 unspecified atom stereocenters. The van der Waals surface area contributed by atoms with Gasteiger partial charge in [0.2, 0.25) is 5.91 Å². The van der Waals surface area contributed by atoms with Gasteiger partial charge in [-0.05, 0) is 49.6 Å². The van der Waals surface area contributed by atoms with Crippen molar-refractivity contribution in [1.29, 1.82) is 0 Å². The third-order valence-corrected chi connectivity index (χ3v) is 6.87. The summed E-state index contributed by atoms with van der Waals surface area (Å²) in [5.74, 6) is 0.0530. The lowest BCUT2D eigenvalue weighted by atomic mass is 10.0. The number of methoxy groups -OCH3 is 1. The quantitative estimate of drug-likeness (QED) is 0.457. The van der Waals surface area contributed by atoms with Crippen molar-refractivity contribution < 1.29 is 37.0 Å². The molecule has 1 aromatic carbocycles. The Bertz CT molecular complexity index is 1490. The average molecular weight is 618 g/mol. The molecule has 4 rings (SSSR count). The highest BCUT2D eigenvalue weighted by molar-refractivity contribution is 5.96. The second kappa shape index (κ2) is 13.7. The number of ether oxygens (including phenoxy) is 2. The highest BCUT2D eigenvalue weighted by Crippen LogP contribution is 2.29. The number of aryl methyl sites for hydroxylation is 1. The number of hydrogen-bond donors (Lipinski definition) is 2. The molecule has 0 saturated carbocycles. The van der Waals surface area contributed by atoms with Gasteiger partial charge in [-0.1, -0.05) is 13.8 Å². The van der Waals surface area contributed by atoms with Crippen molar-refractivity contribution in [2.24, 2.45) is 5.92 Å². The maximum Gasteiger partial charge on any atom is 0.433 e. The van der Waals surface area contributed by atoms with Crippen LogP contribution >= 0.6 is 0 Å². The van der Waals surface area contributed by atoms with Gasteiger partial charge in [-0.25, -0.2) is 9.67 Å². The number of hydrogen-bond acceptors (Lipinski definition) is 8. The van der Waals surface area contributed by atoms with Crippen molar-refractivity contribution in [3.05, 3.63) is 65.0 Å². The number of rotatable bonds is 3. The highest BCUT2D eigenvalue weighted by atomic mass is 19.4. The van der Waals surface area contributed by atoms with Crippen molar-refractivity contribution in [2.75, 3.05) is 33.4 Å². The molecule has 2 bridgehead atoms. The Morgan fingerprint density at radius 1 is 1.16 bits per heavy atom. The molecule has 1 aliphatic heterocycles. The van der Waals surface area contributed by atoms with Crippen LogP contribution in [0.1, 0.15) is 64.4 Å². The number of nitrogens with zero attached hydrogens (tertiary/aromatic N) is 5. The predicted molar refractivity (Wildman–Crippen MR) is 151 cm³/mol. The lowest BCUT2D eigenvalue weighted by Crippen LogP contribution is -2.44. The summed E-state index contributed by atoms with van der Waals surface area (Å²) >= 11 is 0. The van der Waals surface area contributed by atoms with Gasteiger partial charge in [0.05, 0.1) is 31.8 Å². The summed E-state index contributed by atoms with van der Waals surface area (Å²) in [6.07, 6.45) is -3.58. The molecule has 0 saturated heterocycles. The molecule has 2 N–H and O–H groups in total. The zero-order valence-electron chi connectivity index (χ0n) is 24.8. The molecule has 3 aromatic rings. The molecule has 3 heterocycles. The molecule has 2 aromatic heterocycles. The summed E-state index contributed by atoms with van der Waals surface area (Å²) in [4.78, 5) is 48.7. The summed E-state index contributed by atoms with van der Waals surface area (Å²) in [6, 6.07) is 5.93. The van der Waals surface area contributed by atoms with E-state index in [-0.39, 0.29) is 44.1 Å². The van der Waals surface area contributed by atoms with Crippen LogP contribution in [-0.4, -0.2) is 75.7 Å². The summed E-state index contributed by atoms with van der Waals surface area (Å²) < 4.78 is 52.0. The number of aromatic nitrogens is 4. The van der Waals surface area contributed by atoms with E-state index in [1.807, 2.05) is 13.8 Å². The fourth-order valence-corrected chi connectivity index (χ4v) is 4.66. The maximum atomic E-state index is 13.4. The largest absolute Gasteiger partial charge is 0.493 e. The van der Waals surface area contributed by atoms with Crippen LogP contribution in [0.3, 0.4) is 0 Å². The highest BCUT2D eigenvalue weighted by Gasteiger charge is 2.33. The van der Waals surface area contributed by atoms with Gasteiger partial charge in [0.15, 0.2) is 11.5 Å². The second-order valence-corrected chi connectivity index (χ2v) is 10.5. The van der Waals surface area contributed by atoms with E-state index >= 15 is 0 Å². The number of benzene rings is 1. The van der Waals surface area contributed by atoms with E-state index in [1.165, 1.54) is 12.0 Å². The summed E-state index contributed by atoms with van der Waals surface area (Å²) in [7, 11) is 1.49. The van der Waals surface area contributed by atoms with Crippen molar-refractivity contribution >= 4 is 17.7 Å². The molecule has 12 nitrogen and oxygen atoms in total. The molecule has 1 aliphatic rings. The van der Waals surface area contributed by atoms with Gasteiger partial charge in [-0.15, -0.1) is 0 Å². The minimum absolute atomic E-state index is 0.0200. The fraction of sp³-hybridized carbons (Fsp3) is 0.448. The number of nitrogens with one attached hydrogen (secondary N) is 2. The Labute approximate surface area is 251 Å². The van der Waals surface area contributed by atoms with E-state index in [0.717, 1.165) is 12.3 Å². The third kappa shape index (κ3) is 7.82. The van der Waals surface area contributed by atoms with Crippen LogP contribution in [0, 0.1) is 12.8 Å². The molecule has 44 heavy (non-hydrogen) atoms. The van der Waals surface area contributed by atoms with Crippen molar-refractivity contribution in [2.45, 2.75) is 46.0 Å². The van der Waals surface area contributed by atoms with E-state index < -0.39 is 42.2 Å². The Morgan fingerprint density at radius 2 is 1.93 bits per heavy atom. The molecule has 0 fully saturated rings. The second-order valence-electron chi connectivity index (χ2n) is 10.5. The topological polar surface area (TPSA) is 141 Å². The van der Waals surface area contributed by atoms with Gasteiger partial charge >= 0.3 is 6.18 Å². The van der Waals surface area contributed by atoms with Crippen LogP contribution < -0.4 is 20.1 Å². The van der Waals surface area contributed by atoms with E-state index in [0.29, 0.717) is 34.8 Å². The first-order chi connectivity index (χ1) is 20.9. The maximum absolute atomic E-state index is 13.4. The number of carbonyl (C=O) groups is 3. The van der Waals surface area contributed by atoms with Crippen LogP contribution in [0.15, 0.2) is 36.5 Å². The van der Waals surface area contributed by atoms with Crippen LogP contribution in [0.2, 0.25) is 0 Å². The third-order valence-electron chi connectivity index (χ3n) is 6.87. The van der Waals surface area contributed by atoms with E-state index in [2.05, 4.69) is 25.7 Å². The minimum Gasteiger partial charge on any atom is -0.493 e. The van der Waals surface area contributed by atoms with Gasteiger partial charge < -0.3 is 25.0 Å². The Morgan fingerprint density at radius 3 is 2.59 bits per heavy atom. The Kier molecular flexibility index (Phi) is 10.1. The van der Waals surface area contributed by atoms with E-state index in [9.17, 15) is 27.6 Å². The van der Waals surface area contributed by atoms with Crippen molar-refractivity contribution in [3.8, 4) is 11.5 Å². The summed E-state index contributed by atoms with van der Waals surface area (Å²) in [6.45, 7) is 5.71. The molecule has 0 spiro atoms. The number of pyridine rings is 1. The minimum atomic E-state index is -4.67. The Balaban J connectivity index is 1.65. The van der Waals surface area contributed by atoms with E-state index in [4.69, 9.17) is 9.47 Å². The smallest absolute Gasteiger partial charge is 0.433 e. The molecule has 15 heteroatoms. The van der Waals surface area contributed by atoms with E-state index in [1.54, 1.807) is 29.8 Å². The molecular weight excluding hydrogens is 583 g/mol. The number of amides is 3. The van der Waals surface area contributed by atoms with Crippen LogP contribution in [-0.2, 0) is 17.5 Å². The molecule has 1 atom stereocenters. The molecule has 236 valence electrons. The zero-order chi connectivity index (χ0) is 32.0. The van der Waals surface area contributed by atoms with Crippen LogP contribution in [0.5, 0.6) is 11.5 Å². The van der Waals surface area contributed by atoms with Crippen molar-refractivity contribution in [1.82, 2.24) is 35.3 Å². The summed E-state index contributed by atoms with van der Waals surface area (Å²) in [5, 5.41) is 10.2. The van der Waals surface area contributed by atoms with Gasteiger partial charge in [0.1, 0.15) is 23.9 Å². The normalized spacial score (nSPS) is 17.1. The monoisotopic (exact) mass is 617 g/mol. The van der Waals surface area contributed by atoms with Crippen molar-refractivity contribution in [3.63, 3.8) is 0 Å². The molecule has 3 amide bonds. The Hall–Kier alpha value is -4.69. The van der Waals surface area contributed by atoms with Gasteiger partial charge in [-0.3, -0.25) is 19.4 Å². The number of fused-ring (bicyclic) bond motifs is 3. The number of carbonyl (C=O) groups excluding carboxylic acids is 3. The molecule has 0 radical (unpaired) electrons. The number of halogens is 3. The lowest BCUT2D eigenvalue weighted by molar-refractivity contribution is -0.141. The lowest BCUT2D eigenvalue weighted by Gasteiger charge is -2.26. The first-order valence-corrected chi connectivity index (χ1v) is 14.0. The van der Waals surface area contributed by atoms with Crippen LogP contribution in [0.4, 0.5) is 13.2 Å². The van der Waals surface area contributed by atoms with Gasteiger partial charge in [-0.2, -0.15) is 18.3 Å².